The maximum atomic E-state index is 13.1. The highest BCUT2D eigenvalue weighted by Gasteiger charge is 2.15. The number of rotatable bonds is 5. The number of fused-ring (bicyclic) bond motifs is 1. The number of hydrogen-bond acceptors (Lipinski definition) is 5. The van der Waals surface area contributed by atoms with Gasteiger partial charge < -0.3 is 0 Å². The monoisotopic (exact) mass is 485 g/mol. The van der Waals surface area contributed by atoms with Gasteiger partial charge in [0, 0.05) is 21.2 Å². The first-order valence-electron chi connectivity index (χ1n) is 10.4. The van der Waals surface area contributed by atoms with E-state index in [1.54, 1.807) is 30.5 Å². The average molecular weight is 486 g/mol. The molecule has 0 fully saturated rings. The Labute approximate surface area is 204 Å². The SMILES string of the molecule is O=c1[nH]c(N/N=C/c2ccc(Cl)cc2)nc2nc(-c3ccccc3)cc(-c3ccc(Cl)cc3)c12. The Bertz CT molecular complexity index is 1550. The molecule has 5 aromatic rings. The fraction of sp³-hybridized carbons (Fsp3) is 0. The first kappa shape index (κ1) is 21.8. The number of pyridine rings is 1. The van der Waals surface area contributed by atoms with Crippen LogP contribution in [-0.2, 0) is 0 Å². The van der Waals surface area contributed by atoms with Crippen LogP contribution in [0.15, 0.2) is 94.8 Å². The van der Waals surface area contributed by atoms with E-state index in [0.717, 1.165) is 16.7 Å². The van der Waals surface area contributed by atoms with Gasteiger partial charge in [-0.3, -0.25) is 9.78 Å². The van der Waals surface area contributed by atoms with E-state index in [2.05, 4.69) is 25.5 Å². The summed E-state index contributed by atoms with van der Waals surface area (Å²) in [7, 11) is 0. The van der Waals surface area contributed by atoms with Crippen LogP contribution in [0.4, 0.5) is 5.95 Å². The molecule has 6 nitrogen and oxygen atoms in total. The Morgan fingerprint density at radius 3 is 2.21 bits per heavy atom. The molecule has 0 aliphatic rings. The lowest BCUT2D eigenvalue weighted by atomic mass is 10.0. The van der Waals surface area contributed by atoms with Gasteiger partial charge in [0.1, 0.15) is 0 Å². The van der Waals surface area contributed by atoms with E-state index in [-0.39, 0.29) is 11.5 Å². The van der Waals surface area contributed by atoms with Gasteiger partial charge in [0.15, 0.2) is 5.65 Å². The zero-order valence-electron chi connectivity index (χ0n) is 17.7. The molecule has 0 saturated carbocycles. The Balaban J connectivity index is 1.60. The minimum absolute atomic E-state index is 0.183. The number of anilines is 1. The Morgan fingerprint density at radius 2 is 1.50 bits per heavy atom. The van der Waals surface area contributed by atoms with Crippen molar-refractivity contribution in [2.24, 2.45) is 5.10 Å². The number of H-pyrrole nitrogens is 1. The number of aromatic amines is 1. The zero-order valence-corrected chi connectivity index (χ0v) is 19.2. The van der Waals surface area contributed by atoms with Crippen molar-refractivity contribution in [2.75, 3.05) is 5.43 Å². The number of halogens is 2. The first-order chi connectivity index (χ1) is 16.6. The number of nitrogens with zero attached hydrogens (tertiary/aromatic N) is 3. The smallest absolute Gasteiger partial charge is 0.262 e. The molecule has 0 radical (unpaired) electrons. The van der Waals surface area contributed by atoms with Gasteiger partial charge in [0.2, 0.25) is 5.95 Å². The maximum absolute atomic E-state index is 13.1. The summed E-state index contributed by atoms with van der Waals surface area (Å²) in [5, 5.41) is 5.81. The maximum Gasteiger partial charge on any atom is 0.262 e. The topological polar surface area (TPSA) is 83.0 Å². The van der Waals surface area contributed by atoms with Gasteiger partial charge in [-0.15, -0.1) is 0 Å². The lowest BCUT2D eigenvalue weighted by molar-refractivity contribution is 1.10. The van der Waals surface area contributed by atoms with Crippen LogP contribution in [0.3, 0.4) is 0 Å². The fourth-order valence-corrected chi connectivity index (χ4v) is 3.78. The molecule has 0 spiro atoms. The molecule has 0 bridgehead atoms. The molecule has 8 heteroatoms. The second-order valence-corrected chi connectivity index (χ2v) is 8.34. The standard InChI is InChI=1S/C26H17Cl2N5O/c27-19-10-6-16(7-11-19)15-29-33-26-31-24-23(25(34)32-26)21(17-8-12-20(28)13-9-17)14-22(30-24)18-4-2-1-3-5-18/h1-15H,(H2,30,31,32,33,34)/b29-15+. The average Bonchev–Trinajstić information content (AvgIpc) is 2.85. The number of hydrogen-bond donors (Lipinski definition) is 2. The van der Waals surface area contributed by atoms with Gasteiger partial charge in [-0.05, 0) is 41.5 Å². The summed E-state index contributed by atoms with van der Waals surface area (Å²) >= 11 is 12.0. The van der Waals surface area contributed by atoms with Gasteiger partial charge in [-0.2, -0.15) is 10.1 Å². The predicted octanol–water partition coefficient (Wildman–Crippen LogP) is 6.40. The van der Waals surface area contributed by atoms with Crippen molar-refractivity contribution < 1.29 is 0 Å². The van der Waals surface area contributed by atoms with Crippen molar-refractivity contribution in [3.05, 3.63) is 111 Å². The molecule has 166 valence electrons. The predicted molar refractivity (Wildman–Crippen MR) is 139 cm³/mol. The van der Waals surface area contributed by atoms with Crippen LogP contribution < -0.4 is 11.0 Å². The highest BCUT2D eigenvalue weighted by Crippen LogP contribution is 2.30. The Morgan fingerprint density at radius 1 is 0.824 bits per heavy atom. The van der Waals surface area contributed by atoms with Gasteiger partial charge in [0.05, 0.1) is 17.3 Å². The summed E-state index contributed by atoms with van der Waals surface area (Å²) in [4.78, 5) is 25.1. The fourth-order valence-electron chi connectivity index (χ4n) is 3.52. The Kier molecular flexibility index (Phi) is 6.08. The summed E-state index contributed by atoms with van der Waals surface area (Å²) < 4.78 is 0. The largest absolute Gasteiger partial charge is 0.291 e. The molecule has 0 aliphatic carbocycles. The molecule has 34 heavy (non-hydrogen) atoms. The summed E-state index contributed by atoms with van der Waals surface area (Å²) in [5.41, 5.74) is 6.76. The van der Waals surface area contributed by atoms with E-state index in [9.17, 15) is 4.79 Å². The molecule has 0 aliphatic heterocycles. The van der Waals surface area contributed by atoms with Crippen molar-refractivity contribution in [2.45, 2.75) is 0 Å². The molecular formula is C26H17Cl2N5O. The van der Waals surface area contributed by atoms with E-state index in [0.29, 0.717) is 32.3 Å². The van der Waals surface area contributed by atoms with Crippen LogP contribution in [0.5, 0.6) is 0 Å². The number of hydrazone groups is 1. The third-order valence-electron chi connectivity index (χ3n) is 5.16. The number of aromatic nitrogens is 3. The highest BCUT2D eigenvalue weighted by atomic mass is 35.5. The molecular weight excluding hydrogens is 469 g/mol. The van der Waals surface area contributed by atoms with Crippen molar-refractivity contribution in [3.63, 3.8) is 0 Å². The minimum Gasteiger partial charge on any atom is -0.291 e. The van der Waals surface area contributed by atoms with Crippen molar-refractivity contribution in [1.82, 2.24) is 15.0 Å². The van der Waals surface area contributed by atoms with Gasteiger partial charge >= 0.3 is 0 Å². The van der Waals surface area contributed by atoms with E-state index >= 15 is 0 Å². The molecule has 0 atom stereocenters. The molecule has 0 amide bonds. The first-order valence-corrected chi connectivity index (χ1v) is 11.1. The molecule has 0 saturated heterocycles. The van der Waals surface area contributed by atoms with Gasteiger partial charge in [-0.1, -0.05) is 77.8 Å². The normalized spacial score (nSPS) is 11.2. The lowest BCUT2D eigenvalue weighted by Crippen LogP contribution is -2.13. The van der Waals surface area contributed by atoms with E-state index in [4.69, 9.17) is 23.2 Å². The second kappa shape index (κ2) is 9.47. The quantitative estimate of drug-likeness (QED) is 0.222. The van der Waals surface area contributed by atoms with Crippen molar-refractivity contribution in [3.8, 4) is 22.4 Å². The lowest BCUT2D eigenvalue weighted by Gasteiger charge is -2.10. The summed E-state index contributed by atoms with van der Waals surface area (Å²) in [6.07, 6.45) is 1.60. The number of benzene rings is 3. The van der Waals surface area contributed by atoms with Gasteiger partial charge in [-0.25, -0.2) is 10.4 Å². The molecule has 0 unspecified atom stereocenters. The van der Waals surface area contributed by atoms with Crippen molar-refractivity contribution in [1.29, 1.82) is 0 Å². The third-order valence-corrected chi connectivity index (χ3v) is 5.66. The summed E-state index contributed by atoms with van der Waals surface area (Å²) in [6.45, 7) is 0. The highest BCUT2D eigenvalue weighted by molar-refractivity contribution is 6.31. The van der Waals surface area contributed by atoms with Crippen LogP contribution in [0.1, 0.15) is 5.56 Å². The molecule has 2 aromatic heterocycles. The van der Waals surface area contributed by atoms with Crippen LogP contribution in [0.25, 0.3) is 33.4 Å². The third kappa shape index (κ3) is 4.69. The van der Waals surface area contributed by atoms with E-state index in [1.165, 1.54) is 0 Å². The van der Waals surface area contributed by atoms with Crippen LogP contribution in [0.2, 0.25) is 10.0 Å². The van der Waals surface area contributed by atoms with Crippen LogP contribution in [-0.4, -0.2) is 21.2 Å². The van der Waals surface area contributed by atoms with Crippen LogP contribution >= 0.6 is 23.2 Å². The summed E-state index contributed by atoms with van der Waals surface area (Å²) in [6, 6.07) is 26.1. The Hall–Kier alpha value is -4.00. The van der Waals surface area contributed by atoms with E-state index in [1.807, 2.05) is 60.7 Å². The van der Waals surface area contributed by atoms with Crippen LogP contribution in [0, 0.1) is 0 Å². The molecule has 3 aromatic carbocycles. The zero-order chi connectivity index (χ0) is 23.5. The minimum atomic E-state index is -0.328. The molecule has 5 rings (SSSR count). The number of nitrogens with one attached hydrogen (secondary N) is 2. The molecule has 2 heterocycles. The summed E-state index contributed by atoms with van der Waals surface area (Å²) in [5.74, 6) is 0.183. The van der Waals surface area contributed by atoms with Crippen molar-refractivity contribution >= 4 is 46.4 Å². The van der Waals surface area contributed by atoms with E-state index < -0.39 is 0 Å². The van der Waals surface area contributed by atoms with Gasteiger partial charge in [0.25, 0.3) is 5.56 Å². The second-order valence-electron chi connectivity index (χ2n) is 7.46. The molecule has 2 N–H and O–H groups in total.